The molecule has 1 aliphatic carbocycles. The molecule has 0 aliphatic heterocycles. The number of carbonyl (C=O) groups is 1. The van der Waals surface area contributed by atoms with Crippen LogP contribution in [0, 0.1) is 6.92 Å². The molecular formula is C14H21N3OS. The van der Waals surface area contributed by atoms with E-state index in [1.54, 1.807) is 6.07 Å². The Bertz CT molecular complexity index is 442. The van der Waals surface area contributed by atoms with E-state index in [-0.39, 0.29) is 5.91 Å². The molecule has 0 bridgehead atoms. The highest BCUT2D eigenvalue weighted by atomic mass is 32.2. The summed E-state index contributed by atoms with van der Waals surface area (Å²) in [5, 5.41) is 3.77. The molecule has 1 aliphatic rings. The number of hydrogen-bond donors (Lipinski definition) is 1. The second-order valence-electron chi connectivity index (χ2n) is 5.04. The molecule has 0 unspecified atom stereocenters. The van der Waals surface area contributed by atoms with Crippen LogP contribution in [0.15, 0.2) is 11.2 Å². The van der Waals surface area contributed by atoms with E-state index >= 15 is 0 Å². The first-order chi connectivity index (χ1) is 9.19. The fourth-order valence-electron chi connectivity index (χ4n) is 2.43. The zero-order chi connectivity index (χ0) is 13.7. The van der Waals surface area contributed by atoms with Crippen LogP contribution in [0.3, 0.4) is 0 Å². The molecule has 5 heteroatoms. The number of aromatic nitrogens is 2. The normalized spacial score (nSPS) is 16.9. The standard InChI is InChI=1S/C14H21N3OS/c1-10-9-12(17-14(15-10)19-2)13(18)16-11-7-5-3-4-6-8-11/h9,11H,3-8H2,1-2H3,(H,16,18). The third-order valence-electron chi connectivity index (χ3n) is 3.44. The van der Waals surface area contributed by atoms with Crippen LogP contribution in [0.1, 0.15) is 54.7 Å². The van der Waals surface area contributed by atoms with Gasteiger partial charge >= 0.3 is 0 Å². The molecule has 1 aromatic heterocycles. The Hall–Kier alpha value is -1.10. The van der Waals surface area contributed by atoms with E-state index in [0.29, 0.717) is 16.9 Å². The number of aryl methyl sites for hydroxylation is 1. The van der Waals surface area contributed by atoms with Gasteiger partial charge in [0.2, 0.25) is 0 Å². The minimum Gasteiger partial charge on any atom is -0.348 e. The van der Waals surface area contributed by atoms with Gasteiger partial charge in [-0.25, -0.2) is 9.97 Å². The van der Waals surface area contributed by atoms with Gasteiger partial charge < -0.3 is 5.32 Å². The number of rotatable bonds is 3. The fraction of sp³-hybridized carbons (Fsp3) is 0.643. The van der Waals surface area contributed by atoms with Gasteiger partial charge in [0.1, 0.15) is 5.69 Å². The average Bonchev–Trinajstić information content (AvgIpc) is 2.66. The second kappa shape index (κ2) is 6.89. The van der Waals surface area contributed by atoms with Gasteiger partial charge in [0.15, 0.2) is 5.16 Å². The predicted molar refractivity (Wildman–Crippen MR) is 77.5 cm³/mol. The molecule has 1 aromatic rings. The van der Waals surface area contributed by atoms with Crippen LogP contribution in [0.2, 0.25) is 0 Å². The van der Waals surface area contributed by atoms with Crippen molar-refractivity contribution in [3.05, 3.63) is 17.5 Å². The number of thioether (sulfide) groups is 1. The largest absolute Gasteiger partial charge is 0.348 e. The van der Waals surface area contributed by atoms with E-state index in [1.165, 1.54) is 37.4 Å². The lowest BCUT2D eigenvalue weighted by molar-refractivity contribution is 0.0927. The summed E-state index contributed by atoms with van der Waals surface area (Å²) in [4.78, 5) is 20.8. The lowest BCUT2D eigenvalue weighted by atomic mass is 10.1. The zero-order valence-corrected chi connectivity index (χ0v) is 12.4. The van der Waals surface area contributed by atoms with Gasteiger partial charge in [-0.15, -0.1) is 0 Å². The van der Waals surface area contributed by atoms with Crippen molar-refractivity contribution in [1.82, 2.24) is 15.3 Å². The first-order valence-corrected chi connectivity index (χ1v) is 8.12. The van der Waals surface area contributed by atoms with Crippen LogP contribution in [0.25, 0.3) is 0 Å². The predicted octanol–water partition coefficient (Wildman–Crippen LogP) is 2.96. The van der Waals surface area contributed by atoms with Gasteiger partial charge in [-0.3, -0.25) is 4.79 Å². The zero-order valence-electron chi connectivity index (χ0n) is 11.6. The maximum absolute atomic E-state index is 12.2. The average molecular weight is 279 g/mol. The van der Waals surface area contributed by atoms with E-state index in [1.807, 2.05) is 13.2 Å². The summed E-state index contributed by atoms with van der Waals surface area (Å²) in [6.07, 6.45) is 9.09. The molecule has 104 valence electrons. The topological polar surface area (TPSA) is 54.9 Å². The van der Waals surface area contributed by atoms with Crippen LogP contribution >= 0.6 is 11.8 Å². The van der Waals surface area contributed by atoms with Gasteiger partial charge in [0.25, 0.3) is 5.91 Å². The number of nitrogens with zero attached hydrogens (tertiary/aromatic N) is 2. The molecule has 0 aromatic carbocycles. The van der Waals surface area contributed by atoms with Gasteiger partial charge in [0.05, 0.1) is 0 Å². The van der Waals surface area contributed by atoms with Crippen LogP contribution < -0.4 is 5.32 Å². The molecule has 0 saturated heterocycles. The van der Waals surface area contributed by atoms with Crippen LogP contribution in [0.5, 0.6) is 0 Å². The lowest BCUT2D eigenvalue weighted by Crippen LogP contribution is -2.35. The van der Waals surface area contributed by atoms with E-state index < -0.39 is 0 Å². The molecule has 0 atom stereocenters. The molecular weight excluding hydrogens is 258 g/mol. The van der Waals surface area contributed by atoms with E-state index in [2.05, 4.69) is 15.3 Å². The van der Waals surface area contributed by atoms with Gasteiger partial charge in [-0.1, -0.05) is 37.4 Å². The maximum Gasteiger partial charge on any atom is 0.270 e. The first kappa shape index (κ1) is 14.3. The molecule has 1 amide bonds. The number of hydrogen-bond acceptors (Lipinski definition) is 4. The van der Waals surface area contributed by atoms with Crippen molar-refractivity contribution in [3.63, 3.8) is 0 Å². The van der Waals surface area contributed by atoms with E-state index in [0.717, 1.165) is 18.5 Å². The van der Waals surface area contributed by atoms with Crippen LogP contribution in [-0.4, -0.2) is 28.2 Å². The second-order valence-corrected chi connectivity index (χ2v) is 5.82. The van der Waals surface area contributed by atoms with Crippen LogP contribution in [0.4, 0.5) is 0 Å². The minimum absolute atomic E-state index is 0.0623. The van der Waals surface area contributed by atoms with Gasteiger partial charge in [0, 0.05) is 11.7 Å². The SMILES string of the molecule is CSc1nc(C)cc(C(=O)NC2CCCCCC2)n1. The Morgan fingerprint density at radius 3 is 2.58 bits per heavy atom. The van der Waals surface area contributed by atoms with Crippen molar-refractivity contribution in [1.29, 1.82) is 0 Å². The van der Waals surface area contributed by atoms with Crippen molar-refractivity contribution in [2.75, 3.05) is 6.26 Å². The summed E-state index contributed by atoms with van der Waals surface area (Å²) in [6.45, 7) is 1.89. The lowest BCUT2D eigenvalue weighted by Gasteiger charge is -2.16. The summed E-state index contributed by atoms with van der Waals surface area (Å²) >= 11 is 1.46. The monoisotopic (exact) mass is 279 g/mol. The van der Waals surface area contributed by atoms with Gasteiger partial charge in [-0.05, 0) is 32.1 Å². The summed E-state index contributed by atoms with van der Waals surface area (Å²) in [5.41, 5.74) is 1.33. The smallest absolute Gasteiger partial charge is 0.270 e. The minimum atomic E-state index is -0.0623. The van der Waals surface area contributed by atoms with Crippen molar-refractivity contribution >= 4 is 17.7 Å². The third-order valence-corrected chi connectivity index (χ3v) is 3.99. The Kier molecular flexibility index (Phi) is 5.19. The first-order valence-electron chi connectivity index (χ1n) is 6.89. The molecule has 1 saturated carbocycles. The van der Waals surface area contributed by atoms with E-state index in [9.17, 15) is 4.79 Å². The Balaban J connectivity index is 2.04. The molecule has 1 heterocycles. The highest BCUT2D eigenvalue weighted by Gasteiger charge is 2.17. The van der Waals surface area contributed by atoms with Crippen molar-refractivity contribution in [2.45, 2.75) is 56.6 Å². The molecule has 1 N–H and O–H groups in total. The van der Waals surface area contributed by atoms with Crippen molar-refractivity contribution < 1.29 is 4.79 Å². The molecule has 4 nitrogen and oxygen atoms in total. The Morgan fingerprint density at radius 2 is 1.95 bits per heavy atom. The summed E-state index contributed by atoms with van der Waals surface area (Å²) < 4.78 is 0. The fourth-order valence-corrected chi connectivity index (χ4v) is 2.86. The summed E-state index contributed by atoms with van der Waals surface area (Å²) in [7, 11) is 0. The number of nitrogens with one attached hydrogen (secondary N) is 1. The van der Waals surface area contributed by atoms with Gasteiger partial charge in [-0.2, -0.15) is 0 Å². The molecule has 0 spiro atoms. The highest BCUT2D eigenvalue weighted by Crippen LogP contribution is 2.18. The number of amides is 1. The van der Waals surface area contributed by atoms with E-state index in [4.69, 9.17) is 0 Å². The molecule has 2 rings (SSSR count). The molecule has 19 heavy (non-hydrogen) atoms. The number of carbonyl (C=O) groups excluding carboxylic acids is 1. The molecule has 0 radical (unpaired) electrons. The summed E-state index contributed by atoms with van der Waals surface area (Å²) in [6, 6.07) is 2.06. The quantitative estimate of drug-likeness (QED) is 0.525. The highest BCUT2D eigenvalue weighted by molar-refractivity contribution is 7.98. The van der Waals surface area contributed by atoms with Crippen molar-refractivity contribution in [2.24, 2.45) is 0 Å². The third kappa shape index (κ3) is 4.20. The maximum atomic E-state index is 12.2. The van der Waals surface area contributed by atoms with Crippen molar-refractivity contribution in [3.8, 4) is 0 Å². The summed E-state index contributed by atoms with van der Waals surface area (Å²) in [5.74, 6) is -0.0623. The molecule has 1 fully saturated rings. The Labute approximate surface area is 118 Å². The van der Waals surface area contributed by atoms with Crippen LogP contribution in [-0.2, 0) is 0 Å². The Morgan fingerprint density at radius 1 is 1.26 bits per heavy atom.